The number of nitrogens with two attached hydrogens (primary N) is 1. The molecule has 4 N–H and O–H groups in total. The zero-order valence-corrected chi connectivity index (χ0v) is 13.5. The number of aliphatic hydroxyl groups is 1. The predicted molar refractivity (Wildman–Crippen MR) is 88.2 cm³/mol. The minimum absolute atomic E-state index is 0.113. The molecule has 0 spiro atoms. The first kappa shape index (κ1) is 19.2. The summed E-state index contributed by atoms with van der Waals surface area (Å²) >= 11 is 0. The average molecular weight is 322 g/mol. The number of carbonyl (C=O) groups is 1. The molecular weight excluding hydrogens is 296 g/mol. The Kier molecular flexibility index (Phi) is 9.70. The van der Waals surface area contributed by atoms with Crippen molar-refractivity contribution in [3.8, 4) is 0 Å². The van der Waals surface area contributed by atoms with Crippen LogP contribution < -0.4 is 11.1 Å². The van der Waals surface area contributed by atoms with Crippen LogP contribution in [0.2, 0.25) is 0 Å². The molecule has 1 aromatic rings. The number of primary amides is 1. The molecule has 1 amide bonds. The molecular formula is C17H26N2O4. The van der Waals surface area contributed by atoms with Gasteiger partial charge in [0.1, 0.15) is 6.23 Å². The van der Waals surface area contributed by atoms with Crippen molar-refractivity contribution >= 4 is 5.91 Å². The summed E-state index contributed by atoms with van der Waals surface area (Å²) in [6, 6.07) is 9.90. The van der Waals surface area contributed by atoms with Crippen molar-refractivity contribution in [1.82, 2.24) is 5.32 Å². The normalized spacial score (nSPS) is 13.8. The Balaban J connectivity index is 2.37. The van der Waals surface area contributed by atoms with E-state index in [2.05, 4.69) is 5.32 Å². The minimum atomic E-state index is -0.521. The minimum Gasteiger partial charge on any atom is -0.396 e. The quantitative estimate of drug-likeness (QED) is 0.398. The van der Waals surface area contributed by atoms with Crippen molar-refractivity contribution in [2.75, 3.05) is 13.2 Å². The Morgan fingerprint density at radius 2 is 2.13 bits per heavy atom. The number of aliphatic hydroxyl groups excluding tert-OH is 1. The van der Waals surface area contributed by atoms with Crippen molar-refractivity contribution in [1.29, 1.82) is 0 Å². The summed E-state index contributed by atoms with van der Waals surface area (Å²) in [5.74, 6) is -0.521. The maximum atomic E-state index is 10.6. The molecule has 1 rings (SSSR count). The molecule has 6 nitrogen and oxygen atoms in total. The third kappa shape index (κ3) is 9.67. The van der Waals surface area contributed by atoms with Gasteiger partial charge in [0.05, 0.1) is 19.3 Å². The first-order chi connectivity index (χ1) is 11.1. The highest BCUT2D eigenvalue weighted by molar-refractivity contribution is 5.85. The van der Waals surface area contributed by atoms with Crippen LogP contribution in [-0.2, 0) is 20.9 Å². The van der Waals surface area contributed by atoms with E-state index in [0.717, 1.165) is 5.56 Å². The second-order valence-corrected chi connectivity index (χ2v) is 5.17. The molecule has 2 atom stereocenters. The van der Waals surface area contributed by atoms with Crippen LogP contribution in [0.5, 0.6) is 0 Å². The van der Waals surface area contributed by atoms with E-state index in [1.54, 1.807) is 0 Å². The van der Waals surface area contributed by atoms with Gasteiger partial charge in [0.25, 0.3) is 0 Å². The van der Waals surface area contributed by atoms with Gasteiger partial charge in [0, 0.05) is 18.9 Å². The molecule has 0 heterocycles. The fourth-order valence-electron chi connectivity index (χ4n) is 1.99. The van der Waals surface area contributed by atoms with Gasteiger partial charge in [-0.15, -0.1) is 0 Å². The van der Waals surface area contributed by atoms with Gasteiger partial charge in [-0.1, -0.05) is 30.3 Å². The van der Waals surface area contributed by atoms with E-state index < -0.39 is 5.91 Å². The molecule has 0 aliphatic rings. The van der Waals surface area contributed by atoms with E-state index in [1.165, 1.54) is 12.3 Å². The summed E-state index contributed by atoms with van der Waals surface area (Å²) in [5, 5.41) is 11.9. The molecule has 0 aliphatic carbocycles. The standard InChI is InChI=1S/C17H26N2O4/c1-14(19-10-9-17(18)21)23-16(8-5-11-20)13-22-12-15-6-3-2-4-7-15/h2-4,6-7,9-10,14,16,19-20H,5,8,11-13H2,1H3,(H2,18,21)/b10-9-. The van der Waals surface area contributed by atoms with Crippen molar-refractivity contribution in [2.45, 2.75) is 38.7 Å². The number of carbonyl (C=O) groups excluding carboxylic acids is 1. The molecule has 0 radical (unpaired) electrons. The van der Waals surface area contributed by atoms with Crippen LogP contribution in [0.25, 0.3) is 0 Å². The van der Waals surface area contributed by atoms with Crippen LogP contribution in [0, 0.1) is 0 Å². The highest BCUT2D eigenvalue weighted by Crippen LogP contribution is 2.08. The van der Waals surface area contributed by atoms with E-state index >= 15 is 0 Å². The highest BCUT2D eigenvalue weighted by Gasteiger charge is 2.13. The Morgan fingerprint density at radius 3 is 2.78 bits per heavy atom. The number of nitrogens with one attached hydrogen (secondary N) is 1. The summed E-state index contributed by atoms with van der Waals surface area (Å²) in [6.45, 7) is 2.89. The van der Waals surface area contributed by atoms with Crippen LogP contribution in [0.15, 0.2) is 42.6 Å². The Labute approximate surface area is 137 Å². The summed E-state index contributed by atoms with van der Waals surface area (Å²) < 4.78 is 11.5. The molecule has 128 valence electrons. The Morgan fingerprint density at radius 1 is 1.39 bits per heavy atom. The molecule has 23 heavy (non-hydrogen) atoms. The molecule has 6 heteroatoms. The smallest absolute Gasteiger partial charge is 0.242 e. The number of benzene rings is 1. The van der Waals surface area contributed by atoms with Crippen LogP contribution in [0.3, 0.4) is 0 Å². The van der Waals surface area contributed by atoms with E-state index in [-0.39, 0.29) is 18.9 Å². The zero-order chi connectivity index (χ0) is 16.9. The van der Waals surface area contributed by atoms with E-state index in [4.69, 9.17) is 20.3 Å². The second kappa shape index (κ2) is 11.6. The van der Waals surface area contributed by atoms with Gasteiger partial charge in [-0.2, -0.15) is 0 Å². The summed E-state index contributed by atoms with van der Waals surface area (Å²) in [4.78, 5) is 10.6. The lowest BCUT2D eigenvalue weighted by Gasteiger charge is -2.22. The van der Waals surface area contributed by atoms with Crippen LogP contribution in [-0.4, -0.2) is 36.6 Å². The highest BCUT2D eigenvalue weighted by atomic mass is 16.5. The molecule has 0 bridgehead atoms. The molecule has 0 saturated carbocycles. The SMILES string of the molecule is CC(N/C=C\C(N)=O)OC(CCCO)COCc1ccccc1. The van der Waals surface area contributed by atoms with Crippen molar-refractivity contribution < 1.29 is 19.4 Å². The monoisotopic (exact) mass is 322 g/mol. The average Bonchev–Trinajstić information content (AvgIpc) is 2.53. The molecule has 0 fully saturated rings. The fourth-order valence-corrected chi connectivity index (χ4v) is 1.99. The van der Waals surface area contributed by atoms with Crippen LogP contribution >= 0.6 is 0 Å². The van der Waals surface area contributed by atoms with Gasteiger partial charge in [0.2, 0.25) is 5.91 Å². The lowest BCUT2D eigenvalue weighted by atomic mass is 10.2. The summed E-state index contributed by atoms with van der Waals surface area (Å²) in [5.41, 5.74) is 6.11. The molecule has 0 aliphatic heterocycles. The van der Waals surface area contributed by atoms with Crippen molar-refractivity contribution in [3.63, 3.8) is 0 Å². The molecule has 0 saturated heterocycles. The maximum absolute atomic E-state index is 10.6. The van der Waals surface area contributed by atoms with Crippen LogP contribution in [0.1, 0.15) is 25.3 Å². The lowest BCUT2D eigenvalue weighted by molar-refractivity contribution is -0.113. The number of hydrogen-bond donors (Lipinski definition) is 3. The number of hydrogen-bond acceptors (Lipinski definition) is 5. The van der Waals surface area contributed by atoms with E-state index in [1.807, 2.05) is 37.3 Å². The number of amides is 1. The van der Waals surface area contributed by atoms with Gasteiger partial charge in [-0.25, -0.2) is 0 Å². The zero-order valence-electron chi connectivity index (χ0n) is 13.5. The van der Waals surface area contributed by atoms with Gasteiger partial charge in [-0.3, -0.25) is 4.79 Å². The number of ether oxygens (including phenoxy) is 2. The van der Waals surface area contributed by atoms with Gasteiger partial charge in [0.15, 0.2) is 0 Å². The van der Waals surface area contributed by atoms with Crippen LogP contribution in [0.4, 0.5) is 0 Å². The fraction of sp³-hybridized carbons (Fsp3) is 0.471. The molecule has 0 aromatic heterocycles. The molecule has 1 aromatic carbocycles. The third-order valence-corrected chi connectivity index (χ3v) is 3.07. The maximum Gasteiger partial charge on any atom is 0.242 e. The van der Waals surface area contributed by atoms with Crippen molar-refractivity contribution in [3.05, 3.63) is 48.2 Å². The topological polar surface area (TPSA) is 93.8 Å². The predicted octanol–water partition coefficient (Wildman–Crippen LogP) is 1.30. The summed E-state index contributed by atoms with van der Waals surface area (Å²) in [7, 11) is 0. The van der Waals surface area contributed by atoms with E-state index in [0.29, 0.717) is 26.1 Å². The largest absolute Gasteiger partial charge is 0.396 e. The summed E-state index contributed by atoms with van der Waals surface area (Å²) in [6.07, 6.45) is 3.58. The lowest BCUT2D eigenvalue weighted by Crippen LogP contribution is -2.32. The van der Waals surface area contributed by atoms with Gasteiger partial charge in [-0.05, 0) is 25.3 Å². The molecule has 2 unspecified atom stereocenters. The second-order valence-electron chi connectivity index (χ2n) is 5.17. The van der Waals surface area contributed by atoms with Gasteiger partial charge >= 0.3 is 0 Å². The Bertz CT molecular complexity index is 465. The first-order valence-corrected chi connectivity index (χ1v) is 7.72. The Hall–Kier alpha value is -1.89. The van der Waals surface area contributed by atoms with Crippen molar-refractivity contribution in [2.24, 2.45) is 5.73 Å². The van der Waals surface area contributed by atoms with Gasteiger partial charge < -0.3 is 25.6 Å². The number of rotatable bonds is 12. The third-order valence-electron chi connectivity index (χ3n) is 3.07. The first-order valence-electron chi connectivity index (χ1n) is 7.72. The van der Waals surface area contributed by atoms with E-state index in [9.17, 15) is 4.79 Å².